The minimum absolute atomic E-state index is 0.0299. The molecule has 8 nitrogen and oxygen atoms in total. The van der Waals surface area contributed by atoms with Crippen LogP contribution in [-0.4, -0.2) is 32.5 Å². The Morgan fingerprint density at radius 3 is 2.65 bits per heavy atom. The zero-order chi connectivity index (χ0) is 24.0. The Bertz CT molecular complexity index is 1260. The van der Waals surface area contributed by atoms with Crippen molar-refractivity contribution in [1.29, 1.82) is 0 Å². The molecule has 1 aliphatic rings. The third kappa shape index (κ3) is 5.66. The molecule has 1 aliphatic carbocycles. The second kappa shape index (κ2) is 10.6. The van der Waals surface area contributed by atoms with Crippen LogP contribution in [0.2, 0.25) is 0 Å². The molecule has 0 unspecified atom stereocenters. The summed E-state index contributed by atoms with van der Waals surface area (Å²) < 4.78 is 39.6. The smallest absolute Gasteiger partial charge is 0.262 e. The summed E-state index contributed by atoms with van der Waals surface area (Å²) in [5, 5.41) is 2.83. The molecule has 0 atom stereocenters. The number of aromatic nitrogens is 1. The molecule has 4 rings (SSSR count). The predicted octanol–water partition coefficient (Wildman–Crippen LogP) is 4.14. The predicted molar refractivity (Wildman–Crippen MR) is 129 cm³/mol. The molecule has 1 saturated carbocycles. The number of hydrogen-bond donors (Lipinski definition) is 2. The van der Waals surface area contributed by atoms with E-state index in [1.165, 1.54) is 25.3 Å². The van der Waals surface area contributed by atoms with Crippen LogP contribution in [0.5, 0.6) is 11.6 Å². The number of sulfonamides is 1. The van der Waals surface area contributed by atoms with Crippen molar-refractivity contribution in [1.82, 2.24) is 10.3 Å². The molecule has 9 heteroatoms. The second-order valence-electron chi connectivity index (χ2n) is 8.01. The third-order valence-electron chi connectivity index (χ3n) is 5.63. The summed E-state index contributed by atoms with van der Waals surface area (Å²) in [6, 6.07) is 16.2. The molecule has 0 radical (unpaired) electrons. The summed E-state index contributed by atoms with van der Waals surface area (Å²) in [7, 11) is -2.47. The number of methoxy groups -OCH3 is 1. The Morgan fingerprint density at radius 1 is 1.06 bits per heavy atom. The van der Waals surface area contributed by atoms with E-state index in [0.29, 0.717) is 17.3 Å². The van der Waals surface area contributed by atoms with Crippen LogP contribution in [0.4, 0.5) is 5.69 Å². The van der Waals surface area contributed by atoms with Crippen molar-refractivity contribution < 1.29 is 22.7 Å². The summed E-state index contributed by atoms with van der Waals surface area (Å²) in [5.41, 5.74) is 1.31. The fourth-order valence-corrected chi connectivity index (χ4v) is 4.96. The van der Waals surface area contributed by atoms with Crippen LogP contribution in [-0.2, 0) is 16.6 Å². The SMILES string of the molecule is COc1ccccc1NS(=O)(=O)c1cccc(C(=O)NCc2cccnc2OC2CCCC2)c1. The van der Waals surface area contributed by atoms with Gasteiger partial charge in [-0.1, -0.05) is 24.3 Å². The summed E-state index contributed by atoms with van der Waals surface area (Å²) in [4.78, 5) is 17.1. The van der Waals surface area contributed by atoms with Crippen LogP contribution in [0.15, 0.2) is 71.8 Å². The average Bonchev–Trinajstić information content (AvgIpc) is 3.36. The van der Waals surface area contributed by atoms with Crippen LogP contribution >= 0.6 is 0 Å². The van der Waals surface area contributed by atoms with E-state index in [0.717, 1.165) is 31.2 Å². The van der Waals surface area contributed by atoms with E-state index < -0.39 is 15.9 Å². The molecule has 1 aromatic heterocycles. The highest BCUT2D eigenvalue weighted by molar-refractivity contribution is 7.92. The van der Waals surface area contributed by atoms with Gasteiger partial charge in [0.05, 0.1) is 17.7 Å². The number of nitrogens with zero attached hydrogens (tertiary/aromatic N) is 1. The topological polar surface area (TPSA) is 107 Å². The van der Waals surface area contributed by atoms with Gasteiger partial charge in [-0.3, -0.25) is 9.52 Å². The molecule has 3 aromatic rings. The lowest BCUT2D eigenvalue weighted by Crippen LogP contribution is -2.24. The number of para-hydroxylation sites is 2. The van der Waals surface area contributed by atoms with Crippen molar-refractivity contribution in [3.63, 3.8) is 0 Å². The lowest BCUT2D eigenvalue weighted by atomic mass is 10.2. The standard InChI is InChI=1S/C25H27N3O5S/c1-32-23-14-5-4-13-22(23)28-34(30,31)21-12-6-8-18(16-21)24(29)27-17-19-9-7-15-26-25(19)33-20-10-2-3-11-20/h4-9,12-16,20,28H,2-3,10-11,17H2,1H3,(H,27,29). The molecule has 178 valence electrons. The number of carbonyl (C=O) groups excluding carboxylic acids is 1. The molecular weight excluding hydrogens is 454 g/mol. The van der Waals surface area contributed by atoms with E-state index in [9.17, 15) is 13.2 Å². The van der Waals surface area contributed by atoms with E-state index in [-0.39, 0.29) is 23.1 Å². The van der Waals surface area contributed by atoms with Gasteiger partial charge in [-0.15, -0.1) is 0 Å². The number of amides is 1. The molecule has 2 N–H and O–H groups in total. The molecule has 0 spiro atoms. The van der Waals surface area contributed by atoms with Crippen LogP contribution in [0, 0.1) is 0 Å². The first-order chi connectivity index (χ1) is 16.5. The molecule has 1 amide bonds. The van der Waals surface area contributed by atoms with Crippen molar-refractivity contribution in [3.8, 4) is 11.6 Å². The van der Waals surface area contributed by atoms with E-state index in [1.54, 1.807) is 42.6 Å². The van der Waals surface area contributed by atoms with Crippen LogP contribution < -0.4 is 19.5 Å². The lowest BCUT2D eigenvalue weighted by Gasteiger charge is -2.15. The molecule has 0 bridgehead atoms. The second-order valence-corrected chi connectivity index (χ2v) is 9.69. The number of anilines is 1. The van der Waals surface area contributed by atoms with Crippen molar-refractivity contribution in [2.75, 3.05) is 11.8 Å². The number of hydrogen-bond acceptors (Lipinski definition) is 6. The summed E-state index contributed by atoms with van der Waals surface area (Å²) in [6.07, 6.45) is 6.13. The van der Waals surface area contributed by atoms with Gasteiger partial charge in [0.15, 0.2) is 0 Å². The number of benzene rings is 2. The molecule has 1 heterocycles. The van der Waals surface area contributed by atoms with Gasteiger partial charge in [0.25, 0.3) is 15.9 Å². The summed E-state index contributed by atoms with van der Waals surface area (Å²) in [6.45, 7) is 0.213. The monoisotopic (exact) mass is 481 g/mol. The third-order valence-corrected chi connectivity index (χ3v) is 6.99. The van der Waals surface area contributed by atoms with E-state index in [2.05, 4.69) is 15.0 Å². The largest absolute Gasteiger partial charge is 0.495 e. The Labute approximate surface area is 199 Å². The van der Waals surface area contributed by atoms with E-state index in [4.69, 9.17) is 9.47 Å². The zero-order valence-electron chi connectivity index (χ0n) is 18.9. The summed E-state index contributed by atoms with van der Waals surface area (Å²) >= 11 is 0. The molecule has 1 fully saturated rings. The normalized spacial score (nSPS) is 13.9. The minimum Gasteiger partial charge on any atom is -0.495 e. The summed E-state index contributed by atoms with van der Waals surface area (Å²) in [5.74, 6) is 0.518. The van der Waals surface area contributed by atoms with Gasteiger partial charge in [-0.2, -0.15) is 0 Å². The number of carbonyl (C=O) groups is 1. The Hall–Kier alpha value is -3.59. The van der Waals surface area contributed by atoms with Crippen molar-refractivity contribution in [2.24, 2.45) is 0 Å². The number of nitrogens with one attached hydrogen (secondary N) is 2. The maximum Gasteiger partial charge on any atom is 0.262 e. The fourth-order valence-electron chi connectivity index (χ4n) is 3.84. The quantitative estimate of drug-likeness (QED) is 0.476. The highest BCUT2D eigenvalue weighted by atomic mass is 32.2. The van der Waals surface area contributed by atoms with Crippen LogP contribution in [0.1, 0.15) is 41.6 Å². The highest BCUT2D eigenvalue weighted by Crippen LogP contribution is 2.27. The molecular formula is C25H27N3O5S. The number of ether oxygens (including phenoxy) is 2. The van der Waals surface area contributed by atoms with Gasteiger partial charge in [-0.25, -0.2) is 13.4 Å². The zero-order valence-corrected chi connectivity index (χ0v) is 19.7. The molecule has 0 saturated heterocycles. The lowest BCUT2D eigenvalue weighted by molar-refractivity contribution is 0.0950. The van der Waals surface area contributed by atoms with Gasteiger partial charge >= 0.3 is 0 Å². The molecule has 34 heavy (non-hydrogen) atoms. The Morgan fingerprint density at radius 2 is 1.85 bits per heavy atom. The van der Waals surface area contributed by atoms with Gasteiger partial charge in [0.1, 0.15) is 11.9 Å². The minimum atomic E-state index is -3.93. The molecule has 2 aromatic carbocycles. The number of pyridine rings is 1. The van der Waals surface area contributed by atoms with Crippen LogP contribution in [0.25, 0.3) is 0 Å². The van der Waals surface area contributed by atoms with Gasteiger partial charge < -0.3 is 14.8 Å². The van der Waals surface area contributed by atoms with Gasteiger partial charge in [0, 0.05) is 23.9 Å². The van der Waals surface area contributed by atoms with Crippen molar-refractivity contribution >= 4 is 21.6 Å². The Balaban J connectivity index is 1.45. The Kier molecular flexibility index (Phi) is 7.32. The first kappa shape index (κ1) is 23.6. The van der Waals surface area contributed by atoms with Crippen molar-refractivity contribution in [3.05, 3.63) is 78.0 Å². The first-order valence-corrected chi connectivity index (χ1v) is 12.6. The maximum absolute atomic E-state index is 12.9. The van der Waals surface area contributed by atoms with Gasteiger partial charge in [-0.05, 0) is 62.1 Å². The van der Waals surface area contributed by atoms with E-state index in [1.807, 2.05) is 6.07 Å². The maximum atomic E-state index is 12.9. The van der Waals surface area contributed by atoms with E-state index >= 15 is 0 Å². The van der Waals surface area contributed by atoms with Crippen LogP contribution in [0.3, 0.4) is 0 Å². The fraction of sp³-hybridized carbons (Fsp3) is 0.280. The average molecular weight is 482 g/mol. The van der Waals surface area contributed by atoms with Gasteiger partial charge in [0.2, 0.25) is 5.88 Å². The molecule has 0 aliphatic heterocycles. The number of rotatable bonds is 9. The van der Waals surface area contributed by atoms with Crippen molar-refractivity contribution in [2.45, 2.75) is 43.2 Å². The highest BCUT2D eigenvalue weighted by Gasteiger charge is 2.20. The first-order valence-electron chi connectivity index (χ1n) is 11.1.